The summed E-state index contributed by atoms with van der Waals surface area (Å²) in [6.07, 6.45) is 0. The van der Waals surface area contributed by atoms with Crippen molar-refractivity contribution in [1.29, 1.82) is 5.26 Å². The van der Waals surface area contributed by atoms with Gasteiger partial charge in [0.25, 0.3) is 0 Å². The van der Waals surface area contributed by atoms with Crippen molar-refractivity contribution in [2.24, 2.45) is 0 Å². The number of benzene rings is 2. The first-order valence-corrected chi connectivity index (χ1v) is 5.12. The zero-order chi connectivity index (χ0) is 14.0. The van der Waals surface area contributed by atoms with E-state index in [-0.39, 0.29) is 11.3 Å². The van der Waals surface area contributed by atoms with Gasteiger partial charge in [0.2, 0.25) is 0 Å². The first-order valence-electron chi connectivity index (χ1n) is 5.12. The quantitative estimate of drug-likeness (QED) is 0.661. The van der Waals surface area contributed by atoms with E-state index in [0.717, 1.165) is 12.1 Å². The molecule has 2 aromatic rings. The largest absolute Gasteiger partial charge is 0.353 e. The maximum atomic E-state index is 13.4. The minimum Gasteiger partial charge on any atom is -0.353 e. The van der Waals surface area contributed by atoms with Gasteiger partial charge in [0.1, 0.15) is 17.7 Å². The molecule has 0 aliphatic heterocycles. The molecule has 0 bridgehead atoms. The standard InChI is InChI=1S/C13H6F4N2/c14-8-3-11(16)13(17)12(4-8)19-9-2-1-7(6-18)10(15)5-9/h1-5,19H. The summed E-state index contributed by atoms with van der Waals surface area (Å²) in [7, 11) is 0. The number of anilines is 2. The van der Waals surface area contributed by atoms with Crippen molar-refractivity contribution >= 4 is 11.4 Å². The van der Waals surface area contributed by atoms with Crippen LogP contribution in [-0.2, 0) is 0 Å². The molecular formula is C13H6F4N2. The maximum absolute atomic E-state index is 13.4. The lowest BCUT2D eigenvalue weighted by atomic mass is 10.2. The zero-order valence-corrected chi connectivity index (χ0v) is 9.35. The first kappa shape index (κ1) is 12.9. The molecule has 0 saturated carbocycles. The molecule has 0 aliphatic rings. The summed E-state index contributed by atoms with van der Waals surface area (Å²) in [5.41, 5.74) is -0.571. The monoisotopic (exact) mass is 266 g/mol. The Bertz CT molecular complexity index is 677. The van der Waals surface area contributed by atoms with Crippen LogP contribution >= 0.6 is 0 Å². The van der Waals surface area contributed by atoms with Gasteiger partial charge in [-0.05, 0) is 18.2 Å². The van der Waals surface area contributed by atoms with E-state index in [1.54, 1.807) is 6.07 Å². The Morgan fingerprint density at radius 3 is 2.32 bits per heavy atom. The van der Waals surface area contributed by atoms with Gasteiger partial charge in [-0.25, -0.2) is 17.6 Å². The molecule has 2 nitrogen and oxygen atoms in total. The number of nitrogens with one attached hydrogen (secondary N) is 1. The number of hydrogen-bond acceptors (Lipinski definition) is 2. The summed E-state index contributed by atoms with van der Waals surface area (Å²) in [5, 5.41) is 10.9. The van der Waals surface area contributed by atoms with Crippen molar-refractivity contribution in [3.8, 4) is 6.07 Å². The molecule has 0 heterocycles. The molecule has 1 N–H and O–H groups in total. The Balaban J connectivity index is 2.37. The first-order chi connectivity index (χ1) is 9.01. The smallest absolute Gasteiger partial charge is 0.182 e. The van der Waals surface area contributed by atoms with Crippen LogP contribution < -0.4 is 5.32 Å². The Hall–Kier alpha value is -2.55. The SMILES string of the molecule is N#Cc1ccc(Nc2cc(F)cc(F)c2F)cc1F. The summed E-state index contributed by atoms with van der Waals surface area (Å²) >= 11 is 0. The van der Waals surface area contributed by atoms with E-state index in [1.807, 2.05) is 0 Å². The summed E-state index contributed by atoms with van der Waals surface area (Å²) < 4.78 is 52.6. The minimum absolute atomic E-state index is 0.0698. The molecule has 19 heavy (non-hydrogen) atoms. The van der Waals surface area contributed by atoms with E-state index in [4.69, 9.17) is 5.26 Å². The third kappa shape index (κ3) is 2.65. The van der Waals surface area contributed by atoms with Gasteiger partial charge in [0.15, 0.2) is 11.6 Å². The number of nitrogens with zero attached hydrogens (tertiary/aromatic N) is 1. The molecule has 0 fully saturated rings. The topological polar surface area (TPSA) is 35.8 Å². The van der Waals surface area contributed by atoms with Crippen LogP contribution in [0, 0.1) is 34.6 Å². The van der Waals surface area contributed by atoms with Crippen LogP contribution in [0.5, 0.6) is 0 Å². The summed E-state index contributed by atoms with van der Waals surface area (Å²) in [5.74, 6) is -4.40. The van der Waals surface area contributed by atoms with Gasteiger partial charge in [-0.1, -0.05) is 0 Å². The van der Waals surface area contributed by atoms with Gasteiger partial charge in [0.05, 0.1) is 11.3 Å². The number of halogens is 4. The van der Waals surface area contributed by atoms with E-state index in [0.29, 0.717) is 6.07 Å². The molecule has 0 aliphatic carbocycles. The fourth-order valence-electron chi connectivity index (χ4n) is 1.49. The average molecular weight is 266 g/mol. The molecule has 0 atom stereocenters. The maximum Gasteiger partial charge on any atom is 0.182 e. The van der Waals surface area contributed by atoms with E-state index in [1.165, 1.54) is 12.1 Å². The fourth-order valence-corrected chi connectivity index (χ4v) is 1.49. The highest BCUT2D eigenvalue weighted by Crippen LogP contribution is 2.24. The number of nitriles is 1. The highest BCUT2D eigenvalue weighted by molar-refractivity contribution is 5.61. The van der Waals surface area contributed by atoms with Crippen LogP contribution in [0.25, 0.3) is 0 Å². The van der Waals surface area contributed by atoms with Crippen LogP contribution in [0.3, 0.4) is 0 Å². The third-order valence-electron chi connectivity index (χ3n) is 2.36. The molecule has 0 amide bonds. The van der Waals surface area contributed by atoms with E-state index in [9.17, 15) is 17.6 Å². The van der Waals surface area contributed by atoms with Crippen molar-refractivity contribution in [1.82, 2.24) is 0 Å². The van der Waals surface area contributed by atoms with Crippen LogP contribution in [0.1, 0.15) is 5.56 Å². The van der Waals surface area contributed by atoms with Crippen molar-refractivity contribution in [3.05, 3.63) is 59.2 Å². The minimum atomic E-state index is -1.35. The average Bonchev–Trinajstić information content (AvgIpc) is 2.35. The second kappa shape index (κ2) is 4.98. The number of hydrogen-bond donors (Lipinski definition) is 1. The predicted molar refractivity (Wildman–Crippen MR) is 60.7 cm³/mol. The molecule has 0 unspecified atom stereocenters. The fraction of sp³-hybridized carbons (Fsp3) is 0. The van der Waals surface area contributed by atoms with Gasteiger partial charge in [-0.15, -0.1) is 0 Å². The van der Waals surface area contributed by atoms with Gasteiger partial charge >= 0.3 is 0 Å². The molecule has 0 radical (unpaired) electrons. The molecule has 0 saturated heterocycles. The molecule has 2 rings (SSSR count). The van der Waals surface area contributed by atoms with Crippen LogP contribution in [0.4, 0.5) is 28.9 Å². The lowest BCUT2D eigenvalue weighted by Crippen LogP contribution is -1.98. The Labute approximate surface area is 105 Å². The summed E-state index contributed by atoms with van der Waals surface area (Å²) in [4.78, 5) is 0. The lowest BCUT2D eigenvalue weighted by Gasteiger charge is -2.08. The Morgan fingerprint density at radius 2 is 1.68 bits per heavy atom. The lowest BCUT2D eigenvalue weighted by molar-refractivity contribution is 0.498. The second-order valence-corrected chi connectivity index (χ2v) is 3.68. The van der Waals surface area contributed by atoms with Crippen molar-refractivity contribution in [2.45, 2.75) is 0 Å². The van der Waals surface area contributed by atoms with Crippen LogP contribution in [-0.4, -0.2) is 0 Å². The highest BCUT2D eigenvalue weighted by atomic mass is 19.2. The van der Waals surface area contributed by atoms with Crippen LogP contribution in [0.2, 0.25) is 0 Å². The van der Waals surface area contributed by atoms with Gasteiger partial charge in [-0.2, -0.15) is 5.26 Å². The van der Waals surface area contributed by atoms with E-state index < -0.39 is 29.0 Å². The highest BCUT2D eigenvalue weighted by Gasteiger charge is 2.12. The van der Waals surface area contributed by atoms with Gasteiger partial charge in [-0.3, -0.25) is 0 Å². The van der Waals surface area contributed by atoms with Gasteiger partial charge in [0, 0.05) is 17.8 Å². The summed E-state index contributed by atoms with van der Waals surface area (Å²) in [6, 6.07) is 6.17. The van der Waals surface area contributed by atoms with E-state index >= 15 is 0 Å². The molecule has 6 heteroatoms. The molecule has 2 aromatic carbocycles. The second-order valence-electron chi connectivity index (χ2n) is 3.68. The Morgan fingerprint density at radius 1 is 0.947 bits per heavy atom. The predicted octanol–water partition coefficient (Wildman–Crippen LogP) is 3.86. The van der Waals surface area contributed by atoms with Crippen LogP contribution in [0.15, 0.2) is 30.3 Å². The molecule has 96 valence electrons. The van der Waals surface area contributed by atoms with Gasteiger partial charge < -0.3 is 5.32 Å². The van der Waals surface area contributed by atoms with Crippen molar-refractivity contribution in [2.75, 3.05) is 5.32 Å². The van der Waals surface area contributed by atoms with Crippen molar-refractivity contribution in [3.63, 3.8) is 0 Å². The third-order valence-corrected chi connectivity index (χ3v) is 2.36. The number of rotatable bonds is 2. The Kier molecular flexibility index (Phi) is 3.38. The van der Waals surface area contributed by atoms with Crippen molar-refractivity contribution < 1.29 is 17.6 Å². The molecule has 0 spiro atoms. The zero-order valence-electron chi connectivity index (χ0n) is 9.35. The summed E-state index contributed by atoms with van der Waals surface area (Å²) in [6.45, 7) is 0. The normalized spacial score (nSPS) is 10.1. The molecular weight excluding hydrogens is 260 g/mol. The molecule has 0 aromatic heterocycles. The van der Waals surface area contributed by atoms with E-state index in [2.05, 4.69) is 5.32 Å².